The van der Waals surface area contributed by atoms with Gasteiger partial charge in [0.05, 0.1) is 19.1 Å². The van der Waals surface area contributed by atoms with Gasteiger partial charge in [0.1, 0.15) is 5.82 Å². The number of carbonyl (C=O) groups excluding carboxylic acids is 1. The maximum atomic E-state index is 12.9. The molecule has 2 aliphatic rings. The van der Waals surface area contributed by atoms with Crippen LogP contribution in [0.3, 0.4) is 0 Å². The molecule has 1 N–H and O–H groups in total. The van der Waals surface area contributed by atoms with Gasteiger partial charge in [-0.15, -0.1) is 0 Å². The van der Waals surface area contributed by atoms with Crippen LogP contribution >= 0.6 is 0 Å². The van der Waals surface area contributed by atoms with E-state index in [0.717, 1.165) is 12.0 Å². The van der Waals surface area contributed by atoms with Crippen molar-refractivity contribution >= 4 is 11.9 Å². The quantitative estimate of drug-likeness (QED) is 0.918. The molecule has 22 heavy (non-hydrogen) atoms. The molecule has 0 radical (unpaired) electrons. The molecule has 1 aromatic carbocycles. The number of carboxylic acids is 1. The van der Waals surface area contributed by atoms with Crippen LogP contribution in [-0.4, -0.2) is 47.7 Å². The number of ether oxygens (including phenoxy) is 1. The summed E-state index contributed by atoms with van der Waals surface area (Å²) in [5.74, 6) is -1.08. The molecule has 1 aliphatic heterocycles. The van der Waals surface area contributed by atoms with Crippen LogP contribution in [0, 0.1) is 11.7 Å². The molecule has 0 aromatic heterocycles. The Morgan fingerprint density at radius 3 is 2.73 bits per heavy atom. The van der Waals surface area contributed by atoms with Crippen molar-refractivity contribution in [1.82, 2.24) is 4.90 Å². The molecule has 3 rings (SSSR count). The molecule has 0 unspecified atom stereocenters. The van der Waals surface area contributed by atoms with Crippen LogP contribution in [0.25, 0.3) is 0 Å². The lowest BCUT2D eigenvalue weighted by Crippen LogP contribution is -2.47. The summed E-state index contributed by atoms with van der Waals surface area (Å²) < 4.78 is 18.3. The highest BCUT2D eigenvalue weighted by atomic mass is 19.1. The highest BCUT2D eigenvalue weighted by molar-refractivity contribution is 5.83. The van der Waals surface area contributed by atoms with Crippen LogP contribution in [0.2, 0.25) is 0 Å². The summed E-state index contributed by atoms with van der Waals surface area (Å²) in [5.41, 5.74) is 0.982. The standard InChI is InChI=1S/C16H18FNO4/c17-11-3-1-10(2-4-11)13-8-14(13)16(21)18-5-6-22-12(9-18)7-15(19)20/h1-4,12-14H,5-9H2,(H,19,20)/t12-,13+,14+/m1/s1. The first-order valence-corrected chi connectivity index (χ1v) is 7.42. The summed E-state index contributed by atoms with van der Waals surface area (Å²) in [6.07, 6.45) is 0.250. The number of aliphatic carboxylic acids is 1. The van der Waals surface area contributed by atoms with E-state index in [1.54, 1.807) is 17.0 Å². The van der Waals surface area contributed by atoms with Crippen molar-refractivity contribution in [3.63, 3.8) is 0 Å². The minimum Gasteiger partial charge on any atom is -0.481 e. The molecule has 2 fully saturated rings. The van der Waals surface area contributed by atoms with Crippen LogP contribution in [-0.2, 0) is 14.3 Å². The van der Waals surface area contributed by atoms with E-state index in [4.69, 9.17) is 9.84 Å². The Morgan fingerprint density at radius 2 is 2.05 bits per heavy atom. The maximum absolute atomic E-state index is 12.9. The predicted molar refractivity (Wildman–Crippen MR) is 75.8 cm³/mol. The molecule has 1 aliphatic carbocycles. The third-order valence-corrected chi connectivity index (χ3v) is 4.26. The van der Waals surface area contributed by atoms with Crippen LogP contribution in [0.1, 0.15) is 24.3 Å². The number of carbonyl (C=O) groups is 2. The predicted octanol–water partition coefficient (Wildman–Crippen LogP) is 1.63. The van der Waals surface area contributed by atoms with Crippen molar-refractivity contribution in [3.8, 4) is 0 Å². The van der Waals surface area contributed by atoms with E-state index in [2.05, 4.69) is 0 Å². The highest BCUT2D eigenvalue weighted by Crippen LogP contribution is 2.48. The van der Waals surface area contributed by atoms with Crippen molar-refractivity contribution < 1.29 is 23.8 Å². The Labute approximate surface area is 127 Å². The van der Waals surface area contributed by atoms with Gasteiger partial charge < -0.3 is 14.7 Å². The lowest BCUT2D eigenvalue weighted by atomic mass is 10.1. The first-order chi connectivity index (χ1) is 10.5. The fraction of sp³-hybridized carbons (Fsp3) is 0.500. The number of hydrogen-bond donors (Lipinski definition) is 1. The molecular formula is C16H18FNO4. The van der Waals surface area contributed by atoms with E-state index in [9.17, 15) is 14.0 Å². The number of carboxylic acid groups (broad SMARTS) is 1. The monoisotopic (exact) mass is 307 g/mol. The molecule has 1 saturated heterocycles. The zero-order chi connectivity index (χ0) is 15.7. The van der Waals surface area contributed by atoms with Gasteiger partial charge in [-0.3, -0.25) is 9.59 Å². The topological polar surface area (TPSA) is 66.8 Å². The van der Waals surface area contributed by atoms with Crippen molar-refractivity contribution in [3.05, 3.63) is 35.6 Å². The average molecular weight is 307 g/mol. The lowest BCUT2D eigenvalue weighted by molar-refractivity contribution is -0.148. The first-order valence-electron chi connectivity index (χ1n) is 7.42. The Kier molecular flexibility index (Phi) is 4.11. The summed E-state index contributed by atoms with van der Waals surface area (Å²) in [7, 11) is 0. The van der Waals surface area contributed by atoms with Gasteiger partial charge in [-0.25, -0.2) is 4.39 Å². The normalized spacial score (nSPS) is 27.5. The van der Waals surface area contributed by atoms with Gasteiger partial charge >= 0.3 is 5.97 Å². The number of benzene rings is 1. The van der Waals surface area contributed by atoms with E-state index in [1.807, 2.05) is 0 Å². The second-order valence-electron chi connectivity index (χ2n) is 5.88. The summed E-state index contributed by atoms with van der Waals surface area (Å²) in [5, 5.41) is 8.81. The van der Waals surface area contributed by atoms with Crippen molar-refractivity contribution in [2.24, 2.45) is 5.92 Å². The molecule has 0 bridgehead atoms. The maximum Gasteiger partial charge on any atom is 0.306 e. The Morgan fingerprint density at radius 1 is 1.32 bits per heavy atom. The first kappa shape index (κ1) is 15.0. The lowest BCUT2D eigenvalue weighted by Gasteiger charge is -2.32. The molecule has 1 saturated carbocycles. The molecule has 1 amide bonds. The van der Waals surface area contributed by atoms with E-state index in [1.165, 1.54) is 12.1 Å². The number of rotatable bonds is 4. The molecular weight excluding hydrogens is 289 g/mol. The number of hydrogen-bond acceptors (Lipinski definition) is 3. The molecule has 1 aromatic rings. The van der Waals surface area contributed by atoms with E-state index >= 15 is 0 Å². The van der Waals surface area contributed by atoms with Gasteiger partial charge in [0.25, 0.3) is 0 Å². The van der Waals surface area contributed by atoms with Gasteiger partial charge in [0.15, 0.2) is 0 Å². The number of amides is 1. The molecule has 6 heteroatoms. The van der Waals surface area contributed by atoms with E-state index in [-0.39, 0.29) is 30.0 Å². The Balaban J connectivity index is 1.58. The van der Waals surface area contributed by atoms with E-state index in [0.29, 0.717) is 19.7 Å². The third kappa shape index (κ3) is 3.27. The van der Waals surface area contributed by atoms with Crippen LogP contribution < -0.4 is 0 Å². The fourth-order valence-electron chi connectivity index (χ4n) is 3.02. The van der Waals surface area contributed by atoms with Gasteiger partial charge in [0.2, 0.25) is 5.91 Å². The molecule has 0 spiro atoms. The summed E-state index contributed by atoms with van der Waals surface area (Å²) >= 11 is 0. The zero-order valence-electron chi connectivity index (χ0n) is 12.1. The Hall–Kier alpha value is -1.95. The van der Waals surface area contributed by atoms with Crippen LogP contribution in [0.5, 0.6) is 0 Å². The van der Waals surface area contributed by atoms with Gasteiger partial charge in [-0.1, -0.05) is 12.1 Å². The van der Waals surface area contributed by atoms with Gasteiger partial charge in [0, 0.05) is 19.0 Å². The van der Waals surface area contributed by atoms with Crippen molar-refractivity contribution in [1.29, 1.82) is 0 Å². The minimum atomic E-state index is -0.921. The van der Waals surface area contributed by atoms with Crippen molar-refractivity contribution in [2.45, 2.75) is 24.9 Å². The zero-order valence-corrected chi connectivity index (χ0v) is 12.1. The number of halogens is 1. The average Bonchev–Trinajstić information content (AvgIpc) is 3.27. The van der Waals surface area contributed by atoms with Crippen LogP contribution in [0.15, 0.2) is 24.3 Å². The second kappa shape index (κ2) is 6.04. The molecule has 118 valence electrons. The van der Waals surface area contributed by atoms with E-state index < -0.39 is 12.1 Å². The smallest absolute Gasteiger partial charge is 0.306 e. The molecule has 1 heterocycles. The second-order valence-corrected chi connectivity index (χ2v) is 5.88. The number of nitrogens with zero attached hydrogens (tertiary/aromatic N) is 1. The third-order valence-electron chi connectivity index (χ3n) is 4.26. The fourth-order valence-corrected chi connectivity index (χ4v) is 3.02. The summed E-state index contributed by atoms with van der Waals surface area (Å²) in [6.45, 7) is 1.21. The minimum absolute atomic E-state index is 0.0491. The molecule has 5 nitrogen and oxygen atoms in total. The number of morpholine rings is 1. The van der Waals surface area contributed by atoms with Gasteiger partial charge in [-0.05, 0) is 30.0 Å². The molecule has 3 atom stereocenters. The Bertz CT molecular complexity index is 574. The highest BCUT2D eigenvalue weighted by Gasteiger charge is 2.46. The van der Waals surface area contributed by atoms with Crippen molar-refractivity contribution in [2.75, 3.05) is 19.7 Å². The summed E-state index contributed by atoms with van der Waals surface area (Å²) in [6, 6.07) is 6.26. The van der Waals surface area contributed by atoms with Gasteiger partial charge in [-0.2, -0.15) is 0 Å². The summed E-state index contributed by atoms with van der Waals surface area (Å²) in [4.78, 5) is 24.9. The van der Waals surface area contributed by atoms with Crippen LogP contribution in [0.4, 0.5) is 4.39 Å². The largest absolute Gasteiger partial charge is 0.481 e. The SMILES string of the molecule is O=C(O)C[C@@H]1CN(C(=O)[C@H]2C[C@H]2c2ccc(F)cc2)CCO1.